The molecule has 3 aromatic heterocycles. The van der Waals surface area contributed by atoms with E-state index in [1.165, 1.54) is 19.8 Å². The zero-order valence-corrected chi connectivity index (χ0v) is 16.6. The molecule has 0 atom stereocenters. The third-order valence-corrected chi connectivity index (χ3v) is 4.72. The number of anilines is 2. The van der Waals surface area contributed by atoms with Crippen LogP contribution in [0.3, 0.4) is 0 Å². The molecule has 4 aromatic rings. The lowest BCUT2D eigenvalue weighted by atomic mass is 10.2. The summed E-state index contributed by atoms with van der Waals surface area (Å²) in [5.74, 6) is 1.70. The van der Waals surface area contributed by atoms with Crippen LogP contribution in [0.4, 0.5) is 11.5 Å². The summed E-state index contributed by atoms with van der Waals surface area (Å²) in [7, 11) is 0. The number of para-hydroxylation sites is 1. The third kappa shape index (κ3) is 4.18. The highest BCUT2D eigenvalue weighted by molar-refractivity contribution is 6.05. The number of rotatable bonds is 2. The summed E-state index contributed by atoms with van der Waals surface area (Å²) in [6, 6.07) is 11.5. The normalized spacial score (nSPS) is 13.4. The molecule has 1 N–H and O–H groups in total. The predicted octanol–water partition coefficient (Wildman–Crippen LogP) is 4.32. The molecule has 1 aliphatic heterocycles. The van der Waals surface area contributed by atoms with Crippen LogP contribution >= 0.6 is 0 Å². The van der Waals surface area contributed by atoms with E-state index < -0.39 is 0 Å². The summed E-state index contributed by atoms with van der Waals surface area (Å²) in [5.41, 5.74) is 3.43. The van der Waals surface area contributed by atoms with E-state index in [1.54, 1.807) is 24.5 Å². The highest BCUT2D eigenvalue weighted by Crippen LogP contribution is 2.33. The van der Waals surface area contributed by atoms with Gasteiger partial charge in [-0.05, 0) is 44.0 Å². The summed E-state index contributed by atoms with van der Waals surface area (Å²) in [4.78, 5) is 25.8. The standard InChI is InChI=1S/C15H15N3O.C7H8N2O/c1-10-16-13-11-6-2-3-7-12(11)19-14(13)15(17-10)18-8-4-5-9-18;1-6(10)9-7-2-4-8-5-3-7/h2-3,6-7H,4-5,8-9H2,1H3;2-5H,1H3,(H,8,9,10). The molecule has 0 aliphatic carbocycles. The van der Waals surface area contributed by atoms with Gasteiger partial charge in [0.05, 0.1) is 0 Å². The number of nitrogens with zero attached hydrogens (tertiary/aromatic N) is 4. The van der Waals surface area contributed by atoms with Gasteiger partial charge in [-0.15, -0.1) is 0 Å². The summed E-state index contributed by atoms with van der Waals surface area (Å²) < 4.78 is 5.98. The monoisotopic (exact) mass is 389 g/mol. The van der Waals surface area contributed by atoms with Crippen molar-refractivity contribution < 1.29 is 9.21 Å². The van der Waals surface area contributed by atoms with Crippen LogP contribution in [0.15, 0.2) is 53.2 Å². The van der Waals surface area contributed by atoms with Crippen molar-refractivity contribution in [1.82, 2.24) is 15.0 Å². The second-order valence-corrected chi connectivity index (χ2v) is 6.98. The molecule has 1 fully saturated rings. The molecule has 0 spiro atoms. The molecule has 1 amide bonds. The number of nitrogens with one attached hydrogen (secondary N) is 1. The van der Waals surface area contributed by atoms with Crippen molar-refractivity contribution in [2.75, 3.05) is 23.3 Å². The van der Waals surface area contributed by atoms with Gasteiger partial charge in [-0.25, -0.2) is 9.97 Å². The third-order valence-electron chi connectivity index (χ3n) is 4.72. The maximum absolute atomic E-state index is 10.5. The molecule has 29 heavy (non-hydrogen) atoms. The number of fused-ring (bicyclic) bond motifs is 3. The molecule has 1 aliphatic rings. The van der Waals surface area contributed by atoms with Crippen LogP contribution < -0.4 is 10.2 Å². The van der Waals surface area contributed by atoms with Crippen molar-refractivity contribution in [2.45, 2.75) is 26.7 Å². The number of hydrogen-bond acceptors (Lipinski definition) is 6. The van der Waals surface area contributed by atoms with Gasteiger partial charge in [0.2, 0.25) is 5.91 Å². The van der Waals surface area contributed by atoms with E-state index in [-0.39, 0.29) is 5.91 Å². The maximum atomic E-state index is 10.5. The molecule has 7 heteroatoms. The van der Waals surface area contributed by atoms with Crippen molar-refractivity contribution >= 4 is 39.5 Å². The first kappa shape index (κ1) is 18.9. The van der Waals surface area contributed by atoms with Crippen LogP contribution in [0, 0.1) is 6.92 Å². The molecular weight excluding hydrogens is 366 g/mol. The van der Waals surface area contributed by atoms with Crippen molar-refractivity contribution in [1.29, 1.82) is 0 Å². The Kier molecular flexibility index (Phi) is 5.37. The Morgan fingerprint density at radius 2 is 1.79 bits per heavy atom. The zero-order valence-electron chi connectivity index (χ0n) is 16.6. The summed E-state index contributed by atoms with van der Waals surface area (Å²) in [5, 5.41) is 3.70. The van der Waals surface area contributed by atoms with Crippen LogP contribution in [0.2, 0.25) is 0 Å². The fraction of sp³-hybridized carbons (Fsp3) is 0.273. The largest absolute Gasteiger partial charge is 0.450 e. The number of furan rings is 1. The van der Waals surface area contributed by atoms with E-state index >= 15 is 0 Å². The minimum Gasteiger partial charge on any atom is -0.450 e. The number of amides is 1. The lowest BCUT2D eigenvalue weighted by Crippen LogP contribution is -2.19. The van der Waals surface area contributed by atoms with Crippen LogP contribution in [0.1, 0.15) is 25.6 Å². The number of benzene rings is 1. The Morgan fingerprint density at radius 1 is 1.07 bits per heavy atom. The van der Waals surface area contributed by atoms with Crippen molar-refractivity contribution in [3.8, 4) is 0 Å². The van der Waals surface area contributed by atoms with E-state index in [2.05, 4.69) is 31.2 Å². The second kappa shape index (κ2) is 8.26. The van der Waals surface area contributed by atoms with E-state index in [4.69, 9.17) is 4.42 Å². The first-order valence-corrected chi connectivity index (χ1v) is 9.70. The fourth-order valence-electron chi connectivity index (χ4n) is 3.47. The quantitative estimate of drug-likeness (QED) is 0.549. The van der Waals surface area contributed by atoms with E-state index in [9.17, 15) is 4.79 Å². The van der Waals surface area contributed by atoms with Gasteiger partial charge in [0.1, 0.15) is 16.9 Å². The van der Waals surface area contributed by atoms with Gasteiger partial charge in [-0.1, -0.05) is 12.1 Å². The number of aryl methyl sites for hydroxylation is 1. The van der Waals surface area contributed by atoms with Gasteiger partial charge >= 0.3 is 0 Å². The van der Waals surface area contributed by atoms with Crippen molar-refractivity contribution in [3.63, 3.8) is 0 Å². The molecule has 148 valence electrons. The Hall–Kier alpha value is -3.48. The van der Waals surface area contributed by atoms with Gasteiger partial charge in [-0.3, -0.25) is 9.78 Å². The lowest BCUT2D eigenvalue weighted by molar-refractivity contribution is -0.114. The zero-order chi connectivity index (χ0) is 20.2. The first-order chi connectivity index (χ1) is 14.1. The lowest BCUT2D eigenvalue weighted by Gasteiger charge is -2.16. The number of pyridine rings is 1. The molecular formula is C22H23N5O2. The molecule has 4 heterocycles. The second-order valence-electron chi connectivity index (χ2n) is 6.98. The molecule has 0 bridgehead atoms. The smallest absolute Gasteiger partial charge is 0.221 e. The number of hydrogen-bond donors (Lipinski definition) is 1. The maximum Gasteiger partial charge on any atom is 0.221 e. The van der Waals surface area contributed by atoms with Crippen LogP contribution in [-0.2, 0) is 4.79 Å². The van der Waals surface area contributed by atoms with Crippen molar-refractivity contribution in [2.24, 2.45) is 0 Å². The predicted molar refractivity (Wildman–Crippen MR) is 114 cm³/mol. The van der Waals surface area contributed by atoms with Crippen LogP contribution in [0.25, 0.3) is 22.1 Å². The minimum absolute atomic E-state index is 0.0637. The summed E-state index contributed by atoms with van der Waals surface area (Å²) in [6.45, 7) is 5.53. The average Bonchev–Trinajstić information content (AvgIpc) is 3.36. The molecule has 1 aromatic carbocycles. The summed E-state index contributed by atoms with van der Waals surface area (Å²) >= 11 is 0. The number of aromatic nitrogens is 3. The molecule has 0 saturated carbocycles. The molecule has 1 saturated heterocycles. The number of carbonyl (C=O) groups is 1. The van der Waals surface area contributed by atoms with Gasteiger partial charge < -0.3 is 14.6 Å². The van der Waals surface area contributed by atoms with Crippen molar-refractivity contribution in [3.05, 3.63) is 54.6 Å². The van der Waals surface area contributed by atoms with E-state index in [0.29, 0.717) is 0 Å². The highest BCUT2D eigenvalue weighted by atomic mass is 16.3. The molecule has 0 radical (unpaired) electrons. The average molecular weight is 389 g/mol. The molecule has 7 nitrogen and oxygen atoms in total. The van der Waals surface area contributed by atoms with Gasteiger partial charge in [-0.2, -0.15) is 0 Å². The minimum atomic E-state index is -0.0637. The van der Waals surface area contributed by atoms with Gasteiger partial charge in [0, 0.05) is 43.5 Å². The number of carbonyl (C=O) groups excluding carboxylic acids is 1. The SMILES string of the molecule is CC(=O)Nc1ccncc1.Cc1nc(N2CCCC2)c2oc3ccccc3c2n1. The van der Waals surface area contributed by atoms with Crippen LogP contribution in [0.5, 0.6) is 0 Å². The Bertz CT molecular complexity index is 1130. The van der Waals surface area contributed by atoms with E-state index in [1.807, 2.05) is 25.1 Å². The topological polar surface area (TPSA) is 84.2 Å². The first-order valence-electron chi connectivity index (χ1n) is 9.70. The molecule has 0 unspecified atom stereocenters. The Balaban J connectivity index is 0.000000174. The summed E-state index contributed by atoms with van der Waals surface area (Å²) in [6.07, 6.45) is 5.71. The van der Waals surface area contributed by atoms with E-state index in [0.717, 1.165) is 52.5 Å². The Morgan fingerprint density at radius 3 is 2.52 bits per heavy atom. The fourth-order valence-corrected chi connectivity index (χ4v) is 3.47. The Labute approximate surface area is 168 Å². The van der Waals surface area contributed by atoms with Gasteiger partial charge in [0.15, 0.2) is 11.4 Å². The highest BCUT2D eigenvalue weighted by Gasteiger charge is 2.21. The van der Waals surface area contributed by atoms with Gasteiger partial charge in [0.25, 0.3) is 0 Å². The van der Waals surface area contributed by atoms with Crippen LogP contribution in [-0.4, -0.2) is 33.9 Å². The molecule has 5 rings (SSSR count).